The van der Waals surface area contributed by atoms with Crippen LogP contribution in [-0.2, 0) is 14.6 Å². The van der Waals surface area contributed by atoms with Crippen molar-refractivity contribution in [3.63, 3.8) is 0 Å². The molecule has 1 unspecified atom stereocenters. The lowest BCUT2D eigenvalue weighted by Crippen LogP contribution is -2.33. The van der Waals surface area contributed by atoms with E-state index in [2.05, 4.69) is 5.32 Å². The monoisotopic (exact) mass is 275 g/mol. The van der Waals surface area contributed by atoms with E-state index in [0.717, 1.165) is 18.4 Å². The summed E-state index contributed by atoms with van der Waals surface area (Å²) in [5, 5.41) is 12.8. The maximum Gasteiger partial charge on any atom is 0.178 e. The van der Waals surface area contributed by atoms with Crippen LogP contribution in [0.3, 0.4) is 0 Å². The number of sulfone groups is 1. The molecule has 2 rings (SSSR count). The first-order valence-corrected chi connectivity index (χ1v) is 7.33. The number of aromatic hydroxyl groups is 1. The summed E-state index contributed by atoms with van der Waals surface area (Å²) < 4.78 is 41.7. The predicted octanol–water partition coefficient (Wildman–Crippen LogP) is 0.596. The van der Waals surface area contributed by atoms with Crippen LogP contribution in [0.4, 0.5) is 4.39 Å². The second-order valence-electron chi connectivity index (χ2n) is 4.18. The molecule has 1 aliphatic heterocycles. The SMILES string of the molecule is CS(=O)(=O)c1cc(O)c(C2CNCCO2)cc1F. The first kappa shape index (κ1) is 13.3. The summed E-state index contributed by atoms with van der Waals surface area (Å²) in [6, 6.07) is 1.95. The molecule has 0 spiro atoms. The molecular weight excluding hydrogens is 261 g/mol. The highest BCUT2D eigenvalue weighted by Gasteiger charge is 2.23. The van der Waals surface area contributed by atoms with Crippen LogP contribution in [0.1, 0.15) is 11.7 Å². The van der Waals surface area contributed by atoms with Crippen molar-refractivity contribution in [3.8, 4) is 5.75 Å². The van der Waals surface area contributed by atoms with Crippen LogP contribution in [0.2, 0.25) is 0 Å². The third-order valence-corrected chi connectivity index (χ3v) is 3.87. The van der Waals surface area contributed by atoms with E-state index in [1.807, 2.05) is 0 Å². The van der Waals surface area contributed by atoms with E-state index in [0.29, 0.717) is 19.7 Å². The molecule has 1 saturated heterocycles. The van der Waals surface area contributed by atoms with Gasteiger partial charge >= 0.3 is 0 Å². The molecule has 5 nitrogen and oxygen atoms in total. The molecule has 0 bridgehead atoms. The second-order valence-corrected chi connectivity index (χ2v) is 6.16. The first-order valence-electron chi connectivity index (χ1n) is 5.44. The minimum atomic E-state index is -3.69. The van der Waals surface area contributed by atoms with Crippen molar-refractivity contribution >= 4 is 9.84 Å². The largest absolute Gasteiger partial charge is 0.508 e. The number of ether oxygens (including phenoxy) is 1. The Labute approximate surface area is 104 Å². The molecule has 0 amide bonds. The van der Waals surface area contributed by atoms with Gasteiger partial charge in [-0.1, -0.05) is 0 Å². The molecule has 100 valence electrons. The van der Waals surface area contributed by atoms with Crippen LogP contribution in [0.5, 0.6) is 5.75 Å². The van der Waals surface area contributed by atoms with Gasteiger partial charge in [-0.2, -0.15) is 0 Å². The minimum Gasteiger partial charge on any atom is -0.508 e. The van der Waals surface area contributed by atoms with E-state index in [4.69, 9.17) is 4.74 Å². The topological polar surface area (TPSA) is 75.6 Å². The van der Waals surface area contributed by atoms with E-state index >= 15 is 0 Å². The zero-order chi connectivity index (χ0) is 13.3. The van der Waals surface area contributed by atoms with Crippen molar-refractivity contribution in [2.75, 3.05) is 26.0 Å². The highest BCUT2D eigenvalue weighted by atomic mass is 32.2. The number of benzene rings is 1. The molecule has 1 fully saturated rings. The van der Waals surface area contributed by atoms with Crippen LogP contribution < -0.4 is 5.32 Å². The average Bonchev–Trinajstić information content (AvgIpc) is 2.31. The Balaban J connectivity index is 2.42. The van der Waals surface area contributed by atoms with Gasteiger partial charge in [-0.05, 0) is 6.07 Å². The summed E-state index contributed by atoms with van der Waals surface area (Å²) >= 11 is 0. The van der Waals surface area contributed by atoms with E-state index in [1.165, 1.54) is 0 Å². The van der Waals surface area contributed by atoms with Gasteiger partial charge in [-0.3, -0.25) is 0 Å². The summed E-state index contributed by atoms with van der Waals surface area (Å²) in [7, 11) is -3.69. The van der Waals surface area contributed by atoms with E-state index in [-0.39, 0.29) is 11.3 Å². The molecule has 2 N–H and O–H groups in total. The fourth-order valence-corrected chi connectivity index (χ4v) is 2.60. The lowest BCUT2D eigenvalue weighted by atomic mass is 10.1. The highest BCUT2D eigenvalue weighted by molar-refractivity contribution is 7.90. The summed E-state index contributed by atoms with van der Waals surface area (Å²) in [5.74, 6) is -1.15. The normalized spacial score (nSPS) is 20.9. The van der Waals surface area contributed by atoms with E-state index in [1.54, 1.807) is 0 Å². The highest BCUT2D eigenvalue weighted by Crippen LogP contribution is 2.31. The Bertz CT molecular complexity index is 552. The van der Waals surface area contributed by atoms with Crippen molar-refractivity contribution in [2.45, 2.75) is 11.0 Å². The molecule has 0 aromatic heterocycles. The molecule has 7 heteroatoms. The molecule has 1 aliphatic rings. The number of hydrogen-bond donors (Lipinski definition) is 2. The van der Waals surface area contributed by atoms with Gasteiger partial charge in [0.05, 0.1) is 12.7 Å². The molecule has 0 radical (unpaired) electrons. The lowest BCUT2D eigenvalue weighted by Gasteiger charge is -2.24. The number of hydrogen-bond acceptors (Lipinski definition) is 5. The second kappa shape index (κ2) is 4.83. The number of phenols is 1. The smallest absolute Gasteiger partial charge is 0.178 e. The van der Waals surface area contributed by atoms with Crippen LogP contribution >= 0.6 is 0 Å². The van der Waals surface area contributed by atoms with Gasteiger partial charge in [-0.15, -0.1) is 0 Å². The molecule has 1 atom stereocenters. The van der Waals surface area contributed by atoms with Crippen molar-refractivity contribution in [3.05, 3.63) is 23.5 Å². The Morgan fingerprint density at radius 1 is 1.50 bits per heavy atom. The Morgan fingerprint density at radius 2 is 2.22 bits per heavy atom. The molecule has 1 heterocycles. The van der Waals surface area contributed by atoms with Crippen LogP contribution in [0.15, 0.2) is 17.0 Å². The quantitative estimate of drug-likeness (QED) is 0.826. The molecule has 0 saturated carbocycles. The standard InChI is InChI=1S/C11H14FNO4S/c1-18(15,16)11-5-9(14)7(4-8(11)12)10-6-13-2-3-17-10/h4-5,10,13-14H,2-3,6H2,1H3. The van der Waals surface area contributed by atoms with Gasteiger partial charge in [0.2, 0.25) is 0 Å². The van der Waals surface area contributed by atoms with Crippen LogP contribution in [0, 0.1) is 5.82 Å². The maximum absolute atomic E-state index is 13.7. The van der Waals surface area contributed by atoms with Crippen molar-refractivity contribution < 1.29 is 22.7 Å². The van der Waals surface area contributed by atoms with E-state index < -0.39 is 26.7 Å². The number of phenolic OH excluding ortho intramolecular Hbond substituents is 1. The predicted molar refractivity (Wildman–Crippen MR) is 62.7 cm³/mol. The average molecular weight is 275 g/mol. The van der Waals surface area contributed by atoms with Gasteiger partial charge in [-0.25, -0.2) is 12.8 Å². The number of rotatable bonds is 2. The first-order chi connectivity index (χ1) is 8.39. The summed E-state index contributed by atoms with van der Waals surface area (Å²) in [5.41, 5.74) is 0.257. The zero-order valence-corrected chi connectivity index (χ0v) is 10.6. The summed E-state index contributed by atoms with van der Waals surface area (Å²) in [4.78, 5) is -0.507. The van der Waals surface area contributed by atoms with E-state index in [9.17, 15) is 17.9 Å². The molecular formula is C11H14FNO4S. The van der Waals surface area contributed by atoms with Crippen LogP contribution in [0.25, 0.3) is 0 Å². The van der Waals surface area contributed by atoms with Gasteiger partial charge in [0.15, 0.2) is 9.84 Å². The van der Waals surface area contributed by atoms with Gasteiger partial charge in [0.1, 0.15) is 16.5 Å². The zero-order valence-electron chi connectivity index (χ0n) is 9.81. The lowest BCUT2D eigenvalue weighted by molar-refractivity contribution is 0.0260. The molecule has 18 heavy (non-hydrogen) atoms. The molecule has 1 aromatic carbocycles. The summed E-state index contributed by atoms with van der Waals surface area (Å²) in [6.07, 6.45) is 0.422. The van der Waals surface area contributed by atoms with Crippen molar-refractivity contribution in [2.24, 2.45) is 0 Å². The third-order valence-electron chi connectivity index (χ3n) is 2.76. The van der Waals surface area contributed by atoms with Crippen molar-refractivity contribution in [1.29, 1.82) is 0 Å². The minimum absolute atomic E-state index is 0.257. The Hall–Kier alpha value is -1.18. The number of morpholine rings is 1. The fourth-order valence-electron chi connectivity index (χ4n) is 1.87. The fraction of sp³-hybridized carbons (Fsp3) is 0.455. The molecule has 0 aliphatic carbocycles. The number of nitrogens with one attached hydrogen (secondary N) is 1. The maximum atomic E-state index is 13.7. The van der Waals surface area contributed by atoms with Gasteiger partial charge < -0.3 is 15.2 Å². The van der Waals surface area contributed by atoms with Gasteiger partial charge in [0, 0.05) is 31.0 Å². The molecule has 1 aromatic rings. The third kappa shape index (κ3) is 2.63. The summed E-state index contributed by atoms with van der Waals surface area (Å²) in [6.45, 7) is 1.60. The Morgan fingerprint density at radius 3 is 2.78 bits per heavy atom. The van der Waals surface area contributed by atoms with Gasteiger partial charge in [0.25, 0.3) is 0 Å². The Kier molecular flexibility index (Phi) is 3.56. The van der Waals surface area contributed by atoms with Crippen molar-refractivity contribution in [1.82, 2.24) is 5.32 Å². The number of halogens is 1. The van der Waals surface area contributed by atoms with Crippen LogP contribution in [-0.4, -0.2) is 39.5 Å².